The highest BCUT2D eigenvalue weighted by molar-refractivity contribution is 6.04. The molecule has 0 radical (unpaired) electrons. The summed E-state index contributed by atoms with van der Waals surface area (Å²) < 4.78 is 6.86. The summed E-state index contributed by atoms with van der Waals surface area (Å²) in [6, 6.07) is 1.64. The zero-order chi connectivity index (χ0) is 18.0. The Morgan fingerprint density at radius 3 is 2.72 bits per heavy atom. The first-order valence-corrected chi connectivity index (χ1v) is 8.68. The lowest BCUT2D eigenvalue weighted by molar-refractivity contribution is 0.0754. The van der Waals surface area contributed by atoms with Gasteiger partial charge in [0, 0.05) is 25.7 Å². The zero-order valence-corrected chi connectivity index (χ0v) is 14.8. The van der Waals surface area contributed by atoms with Crippen LogP contribution in [0.15, 0.2) is 10.6 Å². The summed E-state index contributed by atoms with van der Waals surface area (Å²) >= 11 is 0. The second-order valence-electron chi connectivity index (χ2n) is 6.09. The number of fused-ring (bicyclic) bond motifs is 1. The van der Waals surface area contributed by atoms with Gasteiger partial charge < -0.3 is 19.3 Å². The van der Waals surface area contributed by atoms with Crippen LogP contribution in [0.4, 0.5) is 5.82 Å². The van der Waals surface area contributed by atoms with E-state index in [1.807, 2.05) is 18.4 Å². The number of carbonyl (C=O) groups excluding carboxylic acids is 2. The third kappa shape index (κ3) is 3.29. The summed E-state index contributed by atoms with van der Waals surface area (Å²) in [4.78, 5) is 31.5. The molecule has 134 valence electrons. The van der Waals surface area contributed by atoms with E-state index in [0.717, 1.165) is 25.0 Å². The van der Waals surface area contributed by atoms with Crippen LogP contribution in [0.3, 0.4) is 0 Å². The number of rotatable bonds is 5. The van der Waals surface area contributed by atoms with Crippen LogP contribution in [0, 0.1) is 6.92 Å². The Kier molecular flexibility index (Phi) is 4.87. The van der Waals surface area contributed by atoms with E-state index >= 15 is 0 Å². The third-order valence-corrected chi connectivity index (χ3v) is 4.44. The Labute approximate surface area is 146 Å². The molecule has 0 saturated heterocycles. The maximum absolute atomic E-state index is 12.8. The number of aromatic nitrogens is 3. The average Bonchev–Trinajstić information content (AvgIpc) is 3.19. The summed E-state index contributed by atoms with van der Waals surface area (Å²) in [5, 5.41) is 6.47. The lowest BCUT2D eigenvalue weighted by atomic mass is 10.1. The number of imidazole rings is 1. The number of aryl methyl sites for hydroxylation is 1. The molecule has 0 bridgehead atoms. The van der Waals surface area contributed by atoms with Crippen molar-refractivity contribution in [2.24, 2.45) is 0 Å². The van der Waals surface area contributed by atoms with Crippen molar-refractivity contribution in [1.82, 2.24) is 19.6 Å². The molecule has 1 N–H and O–H groups in total. The van der Waals surface area contributed by atoms with Gasteiger partial charge in [-0.05, 0) is 40.0 Å². The molecule has 0 unspecified atom stereocenters. The van der Waals surface area contributed by atoms with Gasteiger partial charge >= 0.3 is 0 Å². The lowest BCUT2D eigenvalue weighted by Gasteiger charge is -2.21. The summed E-state index contributed by atoms with van der Waals surface area (Å²) in [6.07, 6.45) is 2.69. The van der Waals surface area contributed by atoms with Crippen molar-refractivity contribution in [3.05, 3.63) is 29.0 Å². The topological polar surface area (TPSA) is 93.3 Å². The molecule has 1 aliphatic rings. The molecule has 0 saturated carbocycles. The maximum Gasteiger partial charge on any atom is 0.289 e. The summed E-state index contributed by atoms with van der Waals surface area (Å²) in [5.41, 5.74) is 1.12. The molecule has 25 heavy (non-hydrogen) atoms. The van der Waals surface area contributed by atoms with E-state index in [2.05, 4.69) is 15.5 Å². The number of nitrogens with one attached hydrogen (secondary N) is 1. The van der Waals surface area contributed by atoms with Crippen molar-refractivity contribution in [3.63, 3.8) is 0 Å². The van der Waals surface area contributed by atoms with Crippen LogP contribution in [0.25, 0.3) is 0 Å². The normalized spacial score (nSPS) is 13.4. The number of hydrogen-bond donors (Lipinski definition) is 1. The van der Waals surface area contributed by atoms with Crippen molar-refractivity contribution in [2.75, 3.05) is 18.4 Å². The highest BCUT2D eigenvalue weighted by Gasteiger charge is 2.29. The minimum atomic E-state index is -0.363. The van der Waals surface area contributed by atoms with E-state index in [1.54, 1.807) is 17.9 Å². The molecular formula is C17H23N5O3. The van der Waals surface area contributed by atoms with Crippen LogP contribution in [0.2, 0.25) is 0 Å². The van der Waals surface area contributed by atoms with Crippen LogP contribution in [0.5, 0.6) is 0 Å². The highest BCUT2D eigenvalue weighted by Crippen LogP contribution is 2.23. The largest absolute Gasteiger partial charge is 0.360 e. The summed E-state index contributed by atoms with van der Waals surface area (Å²) in [6.45, 7) is 7.54. The highest BCUT2D eigenvalue weighted by atomic mass is 16.5. The SMILES string of the molecule is CCN(CC)C(=O)c1nc(C(=O)Nc2cc(C)on2)c2n1CCCC2. The van der Waals surface area contributed by atoms with Crippen molar-refractivity contribution in [3.8, 4) is 0 Å². The van der Waals surface area contributed by atoms with Crippen molar-refractivity contribution in [2.45, 2.75) is 46.6 Å². The average molecular weight is 345 g/mol. The van der Waals surface area contributed by atoms with E-state index in [1.165, 1.54) is 0 Å². The molecule has 0 aliphatic carbocycles. The van der Waals surface area contributed by atoms with Crippen LogP contribution < -0.4 is 5.32 Å². The van der Waals surface area contributed by atoms with Gasteiger partial charge in [-0.15, -0.1) is 0 Å². The predicted molar refractivity (Wildman–Crippen MR) is 91.6 cm³/mol. The second kappa shape index (κ2) is 7.08. The quantitative estimate of drug-likeness (QED) is 0.897. The molecule has 0 spiro atoms. The van der Waals surface area contributed by atoms with Gasteiger partial charge in [0.05, 0.1) is 5.69 Å². The van der Waals surface area contributed by atoms with E-state index in [4.69, 9.17) is 4.52 Å². The molecule has 2 aromatic rings. The smallest absolute Gasteiger partial charge is 0.289 e. The van der Waals surface area contributed by atoms with Gasteiger partial charge in [0.1, 0.15) is 5.76 Å². The van der Waals surface area contributed by atoms with Crippen molar-refractivity contribution < 1.29 is 14.1 Å². The first-order valence-electron chi connectivity index (χ1n) is 8.68. The molecule has 0 aromatic carbocycles. The van der Waals surface area contributed by atoms with Gasteiger partial charge in [-0.3, -0.25) is 9.59 Å². The first-order chi connectivity index (χ1) is 12.0. The van der Waals surface area contributed by atoms with E-state index < -0.39 is 0 Å². The summed E-state index contributed by atoms with van der Waals surface area (Å²) in [5.74, 6) is 0.804. The fraction of sp³-hybridized carbons (Fsp3) is 0.529. The van der Waals surface area contributed by atoms with E-state index in [0.29, 0.717) is 42.7 Å². The second-order valence-corrected chi connectivity index (χ2v) is 6.09. The van der Waals surface area contributed by atoms with E-state index in [-0.39, 0.29) is 11.8 Å². The van der Waals surface area contributed by atoms with Gasteiger partial charge in [-0.1, -0.05) is 5.16 Å². The Bertz CT molecular complexity index is 788. The monoisotopic (exact) mass is 345 g/mol. The van der Waals surface area contributed by atoms with Crippen LogP contribution in [-0.2, 0) is 13.0 Å². The third-order valence-electron chi connectivity index (χ3n) is 4.44. The number of hydrogen-bond acceptors (Lipinski definition) is 5. The van der Waals surface area contributed by atoms with Gasteiger partial charge in [0.15, 0.2) is 17.3 Å². The Balaban J connectivity index is 1.94. The first kappa shape index (κ1) is 17.2. The maximum atomic E-state index is 12.8. The van der Waals surface area contributed by atoms with Crippen LogP contribution >= 0.6 is 0 Å². The van der Waals surface area contributed by atoms with Gasteiger partial charge in [0.2, 0.25) is 0 Å². The van der Waals surface area contributed by atoms with Gasteiger partial charge in [-0.2, -0.15) is 0 Å². The number of anilines is 1. The van der Waals surface area contributed by atoms with E-state index in [9.17, 15) is 9.59 Å². The minimum absolute atomic E-state index is 0.135. The Morgan fingerprint density at radius 1 is 1.32 bits per heavy atom. The molecule has 0 atom stereocenters. The van der Waals surface area contributed by atoms with Gasteiger partial charge in [-0.25, -0.2) is 4.98 Å². The number of nitrogens with zero attached hydrogens (tertiary/aromatic N) is 4. The van der Waals surface area contributed by atoms with Crippen LogP contribution in [0.1, 0.15) is 59.3 Å². The molecule has 2 aromatic heterocycles. The van der Waals surface area contributed by atoms with Gasteiger partial charge in [0.25, 0.3) is 11.8 Å². The molecule has 3 heterocycles. The molecule has 1 aliphatic heterocycles. The van der Waals surface area contributed by atoms with Crippen molar-refractivity contribution in [1.29, 1.82) is 0 Å². The minimum Gasteiger partial charge on any atom is -0.360 e. The molecule has 2 amide bonds. The predicted octanol–water partition coefficient (Wildman–Crippen LogP) is 2.25. The molecule has 3 rings (SSSR count). The fourth-order valence-corrected chi connectivity index (χ4v) is 3.14. The summed E-state index contributed by atoms with van der Waals surface area (Å²) in [7, 11) is 0. The molecular weight excluding hydrogens is 322 g/mol. The zero-order valence-electron chi connectivity index (χ0n) is 14.8. The molecule has 0 fully saturated rings. The fourth-order valence-electron chi connectivity index (χ4n) is 3.14. The standard InChI is InChI=1S/C17H23N5O3/c1-4-21(5-2)17(24)15-19-14(12-8-6-7-9-22(12)15)16(23)18-13-10-11(3)25-20-13/h10H,4-9H2,1-3H3,(H,18,20,23). The Hall–Kier alpha value is -2.64. The number of carbonyl (C=O) groups is 2. The van der Waals surface area contributed by atoms with Crippen LogP contribution in [-0.4, -0.2) is 44.5 Å². The molecule has 8 heteroatoms. The molecule has 8 nitrogen and oxygen atoms in total. The van der Waals surface area contributed by atoms with Crippen molar-refractivity contribution >= 4 is 17.6 Å². The lowest BCUT2D eigenvalue weighted by Crippen LogP contribution is -2.33. The number of amides is 2. The Morgan fingerprint density at radius 2 is 2.08 bits per heavy atom.